The molecule has 3 heterocycles. The summed E-state index contributed by atoms with van der Waals surface area (Å²) in [7, 11) is 1.75. The Morgan fingerprint density at radius 3 is 2.48 bits per heavy atom. The average molecular weight is 395 g/mol. The van der Waals surface area contributed by atoms with Gasteiger partial charge in [-0.2, -0.15) is 10.2 Å². The fourth-order valence-electron chi connectivity index (χ4n) is 3.97. The first kappa shape index (κ1) is 19.1. The van der Waals surface area contributed by atoms with E-state index in [2.05, 4.69) is 20.6 Å². The van der Waals surface area contributed by atoms with Gasteiger partial charge >= 0.3 is 0 Å². The molecule has 0 saturated heterocycles. The number of aromatic nitrogens is 6. The Bertz CT molecular complexity index is 1090. The number of nitrogens with zero attached hydrogens (tertiary/aromatic N) is 6. The quantitative estimate of drug-likeness (QED) is 0.725. The van der Waals surface area contributed by atoms with E-state index in [9.17, 15) is 9.59 Å². The summed E-state index contributed by atoms with van der Waals surface area (Å²) in [6.07, 6.45) is 4.77. The highest BCUT2D eigenvalue weighted by Gasteiger charge is 2.26. The second-order valence-corrected chi connectivity index (χ2v) is 7.63. The van der Waals surface area contributed by atoms with Crippen molar-refractivity contribution in [1.29, 1.82) is 0 Å². The van der Waals surface area contributed by atoms with Crippen molar-refractivity contribution >= 4 is 5.91 Å². The van der Waals surface area contributed by atoms with Gasteiger partial charge in [0, 0.05) is 31.0 Å². The van der Waals surface area contributed by atoms with Crippen LogP contribution in [-0.2, 0) is 7.05 Å². The Morgan fingerprint density at radius 1 is 1.10 bits per heavy atom. The Kier molecular flexibility index (Phi) is 5.04. The largest absolute Gasteiger partial charge is 0.348 e. The third-order valence-electron chi connectivity index (χ3n) is 5.47. The lowest BCUT2D eigenvalue weighted by Crippen LogP contribution is -2.40. The number of nitrogens with one attached hydrogen (secondary N) is 1. The zero-order valence-corrected chi connectivity index (χ0v) is 16.9. The second kappa shape index (κ2) is 7.65. The van der Waals surface area contributed by atoms with Crippen LogP contribution in [0.3, 0.4) is 0 Å². The molecular weight excluding hydrogens is 370 g/mol. The number of hydrogen-bond acceptors (Lipinski definition) is 5. The minimum Gasteiger partial charge on any atom is -0.348 e. The zero-order chi connectivity index (χ0) is 20.5. The van der Waals surface area contributed by atoms with Gasteiger partial charge in [-0.25, -0.2) is 9.36 Å². The molecule has 9 heteroatoms. The third kappa shape index (κ3) is 3.85. The number of carbonyl (C=O) groups is 1. The van der Waals surface area contributed by atoms with Crippen molar-refractivity contribution in [2.24, 2.45) is 7.05 Å². The van der Waals surface area contributed by atoms with Gasteiger partial charge < -0.3 is 5.32 Å². The zero-order valence-electron chi connectivity index (χ0n) is 16.9. The molecule has 152 valence electrons. The van der Waals surface area contributed by atoms with E-state index >= 15 is 0 Å². The second-order valence-electron chi connectivity index (χ2n) is 7.63. The van der Waals surface area contributed by atoms with Gasteiger partial charge in [0.05, 0.1) is 11.7 Å². The minimum atomic E-state index is -0.115. The first-order valence-electron chi connectivity index (χ1n) is 9.85. The molecule has 0 aliphatic heterocycles. The predicted octanol–water partition coefficient (Wildman–Crippen LogP) is 1.69. The summed E-state index contributed by atoms with van der Waals surface area (Å²) in [4.78, 5) is 24.8. The summed E-state index contributed by atoms with van der Waals surface area (Å²) in [5.41, 5.74) is 2.31. The number of hydrogen-bond donors (Lipinski definition) is 1. The lowest BCUT2D eigenvalue weighted by Gasteiger charge is -2.29. The molecule has 0 unspecified atom stereocenters. The highest BCUT2D eigenvalue weighted by molar-refractivity contribution is 5.92. The van der Waals surface area contributed by atoms with Gasteiger partial charge in [0.15, 0.2) is 5.82 Å². The highest BCUT2D eigenvalue weighted by atomic mass is 16.2. The fourth-order valence-corrected chi connectivity index (χ4v) is 3.97. The molecule has 1 fully saturated rings. The van der Waals surface area contributed by atoms with Crippen molar-refractivity contribution in [3.8, 4) is 5.82 Å². The maximum Gasteiger partial charge on any atom is 0.269 e. The topological polar surface area (TPSA) is 99.6 Å². The highest BCUT2D eigenvalue weighted by Crippen LogP contribution is 2.27. The fraction of sp³-hybridized carbons (Fsp3) is 0.450. The van der Waals surface area contributed by atoms with Crippen LogP contribution < -0.4 is 10.9 Å². The van der Waals surface area contributed by atoms with E-state index in [1.165, 1.54) is 0 Å². The maximum atomic E-state index is 12.4. The van der Waals surface area contributed by atoms with Gasteiger partial charge in [-0.05, 0) is 57.7 Å². The number of amides is 1. The van der Waals surface area contributed by atoms with Crippen LogP contribution in [0, 0.1) is 13.8 Å². The van der Waals surface area contributed by atoms with E-state index < -0.39 is 0 Å². The van der Waals surface area contributed by atoms with E-state index in [1.54, 1.807) is 45.5 Å². The molecule has 0 atom stereocenters. The molecule has 1 amide bonds. The van der Waals surface area contributed by atoms with Gasteiger partial charge in [0.1, 0.15) is 5.69 Å². The lowest BCUT2D eigenvalue weighted by atomic mass is 9.91. The molecule has 4 rings (SSSR count). The summed E-state index contributed by atoms with van der Waals surface area (Å²) in [5.74, 6) is 0.525. The van der Waals surface area contributed by atoms with Crippen molar-refractivity contribution in [1.82, 2.24) is 34.7 Å². The van der Waals surface area contributed by atoms with Crippen LogP contribution >= 0.6 is 0 Å². The van der Waals surface area contributed by atoms with E-state index in [-0.39, 0.29) is 23.6 Å². The normalized spacial score (nSPS) is 19.3. The monoisotopic (exact) mass is 395 g/mol. The molecule has 0 bridgehead atoms. The van der Waals surface area contributed by atoms with E-state index in [4.69, 9.17) is 0 Å². The number of carbonyl (C=O) groups excluding carboxylic acids is 1. The van der Waals surface area contributed by atoms with Crippen molar-refractivity contribution in [3.05, 3.63) is 57.9 Å². The van der Waals surface area contributed by atoms with Crippen molar-refractivity contribution in [2.45, 2.75) is 51.6 Å². The standard InChI is InChI=1S/C20H25N7O2/c1-13-12-14(2)26(23-13)18-8-9-19(28)27(24-18)16-6-4-15(5-7-16)22-20(29)17-10-11-21-25(17)3/h8-12,15-16H,4-7H2,1-3H3,(H,22,29). The molecule has 0 radical (unpaired) electrons. The first-order chi connectivity index (χ1) is 13.9. The smallest absolute Gasteiger partial charge is 0.269 e. The van der Waals surface area contributed by atoms with Crippen molar-refractivity contribution in [3.63, 3.8) is 0 Å². The van der Waals surface area contributed by atoms with Crippen LogP contribution in [0.2, 0.25) is 0 Å². The van der Waals surface area contributed by atoms with Crippen LogP contribution in [-0.4, -0.2) is 41.3 Å². The molecular formula is C20H25N7O2. The molecule has 9 nitrogen and oxygen atoms in total. The molecule has 1 aliphatic carbocycles. The Hall–Kier alpha value is -3.23. The van der Waals surface area contributed by atoms with Crippen LogP contribution in [0.25, 0.3) is 5.82 Å². The van der Waals surface area contributed by atoms with E-state index in [0.717, 1.165) is 37.1 Å². The van der Waals surface area contributed by atoms with Crippen molar-refractivity contribution in [2.75, 3.05) is 0 Å². The minimum absolute atomic E-state index is 0.0178. The Labute approximate surface area is 168 Å². The molecule has 3 aromatic rings. The Balaban J connectivity index is 1.45. The molecule has 3 aromatic heterocycles. The van der Waals surface area contributed by atoms with Crippen LogP contribution in [0.4, 0.5) is 0 Å². The van der Waals surface area contributed by atoms with Crippen LogP contribution in [0.1, 0.15) is 53.6 Å². The summed E-state index contributed by atoms with van der Waals surface area (Å²) < 4.78 is 4.89. The third-order valence-corrected chi connectivity index (χ3v) is 5.47. The molecule has 0 spiro atoms. The molecule has 1 aliphatic rings. The molecule has 29 heavy (non-hydrogen) atoms. The van der Waals surface area contributed by atoms with Gasteiger partial charge in [0.2, 0.25) is 0 Å². The van der Waals surface area contributed by atoms with E-state index in [0.29, 0.717) is 11.5 Å². The summed E-state index contributed by atoms with van der Waals surface area (Å²) >= 11 is 0. The average Bonchev–Trinajstić information content (AvgIpc) is 3.27. The maximum absolute atomic E-state index is 12.4. The lowest BCUT2D eigenvalue weighted by molar-refractivity contribution is 0.0911. The van der Waals surface area contributed by atoms with Crippen LogP contribution in [0.5, 0.6) is 0 Å². The van der Waals surface area contributed by atoms with Crippen molar-refractivity contribution < 1.29 is 4.79 Å². The Morgan fingerprint density at radius 2 is 1.86 bits per heavy atom. The molecule has 1 saturated carbocycles. The molecule has 0 aromatic carbocycles. The van der Waals surface area contributed by atoms with E-state index in [1.807, 2.05) is 19.9 Å². The molecule has 1 N–H and O–H groups in total. The predicted molar refractivity (Wildman–Crippen MR) is 107 cm³/mol. The van der Waals surface area contributed by atoms with Crippen LogP contribution in [0.15, 0.2) is 35.3 Å². The summed E-state index contributed by atoms with van der Waals surface area (Å²) in [6.45, 7) is 3.90. The summed E-state index contributed by atoms with van der Waals surface area (Å²) in [6, 6.07) is 7.04. The van der Waals surface area contributed by atoms with Gasteiger partial charge in [-0.15, -0.1) is 5.10 Å². The number of rotatable bonds is 4. The summed E-state index contributed by atoms with van der Waals surface area (Å²) in [5, 5.41) is 16.2. The van der Waals surface area contributed by atoms with Gasteiger partial charge in [0.25, 0.3) is 11.5 Å². The van der Waals surface area contributed by atoms with Gasteiger partial charge in [-0.1, -0.05) is 0 Å². The first-order valence-corrected chi connectivity index (χ1v) is 9.85. The van der Waals surface area contributed by atoms with Gasteiger partial charge in [-0.3, -0.25) is 14.3 Å². The number of aryl methyl sites for hydroxylation is 3. The SMILES string of the molecule is Cc1cc(C)n(-c2ccc(=O)n(C3CCC(NC(=O)c4ccnn4C)CC3)n2)n1.